The van der Waals surface area contributed by atoms with Crippen LogP contribution in [0.15, 0.2) is 251 Å². The van der Waals surface area contributed by atoms with Gasteiger partial charge in [0.05, 0.1) is 0 Å². The van der Waals surface area contributed by atoms with Gasteiger partial charge in [0.1, 0.15) is 5.58 Å². The maximum atomic E-state index is 6.51. The van der Waals surface area contributed by atoms with E-state index in [9.17, 15) is 0 Å². The van der Waals surface area contributed by atoms with Crippen molar-refractivity contribution in [2.75, 3.05) is 0 Å². The van der Waals surface area contributed by atoms with Gasteiger partial charge in [-0.05, 0) is 28.3 Å². The summed E-state index contributed by atoms with van der Waals surface area (Å²) >= 11 is 0.146. The summed E-state index contributed by atoms with van der Waals surface area (Å²) in [5.41, 5.74) is 13.6. The van der Waals surface area contributed by atoms with Gasteiger partial charge in [0.2, 0.25) is 0 Å². The third kappa shape index (κ3) is 5.91. The van der Waals surface area contributed by atoms with Crippen molar-refractivity contribution >= 4 is 142 Å². The number of furan rings is 2. The van der Waals surface area contributed by atoms with E-state index in [4.69, 9.17) is 8.83 Å². The molecule has 0 unspecified atom stereocenters. The summed E-state index contributed by atoms with van der Waals surface area (Å²) in [7, 11) is 0. The van der Waals surface area contributed by atoms with Gasteiger partial charge in [0.15, 0.2) is 0 Å². The predicted octanol–water partition coefficient (Wildman–Crippen LogP) is 20.4. The summed E-state index contributed by atoms with van der Waals surface area (Å²) in [6, 6.07) is 89.9. The first-order valence-corrected chi connectivity index (χ1v) is 27.4. The molecule has 0 aliphatic carbocycles. The van der Waals surface area contributed by atoms with Crippen LogP contribution in [0.3, 0.4) is 0 Å². The predicted molar refractivity (Wildman–Crippen MR) is 320 cm³/mol. The zero-order chi connectivity index (χ0) is 48.9. The molecule has 3 heterocycles. The van der Waals surface area contributed by atoms with Gasteiger partial charge in [-0.3, -0.25) is 0 Å². The molecule has 0 saturated heterocycles. The van der Waals surface area contributed by atoms with Gasteiger partial charge in [0, 0.05) is 0 Å². The van der Waals surface area contributed by atoms with Crippen molar-refractivity contribution in [1.82, 2.24) is 0 Å². The zero-order valence-corrected chi connectivity index (χ0v) is 42.0. The van der Waals surface area contributed by atoms with Crippen molar-refractivity contribution in [2.24, 2.45) is 0 Å². The third-order valence-electron chi connectivity index (χ3n) is 16.2. The Labute approximate surface area is 435 Å². The summed E-state index contributed by atoms with van der Waals surface area (Å²) in [6.45, 7) is 0. The Kier molecular flexibility index (Phi) is 8.60. The molecule has 0 radical (unpaired) electrons. The maximum absolute atomic E-state index is 6.51. The van der Waals surface area contributed by atoms with Crippen molar-refractivity contribution in [1.29, 1.82) is 0 Å². The second-order valence-electron chi connectivity index (χ2n) is 20.1. The number of fused-ring (bicyclic) bond motifs is 17. The van der Waals surface area contributed by atoms with E-state index in [1.165, 1.54) is 139 Å². The van der Waals surface area contributed by atoms with E-state index in [1.54, 1.807) is 0 Å². The number of hydrogen-bond acceptors (Lipinski definition) is 2. The van der Waals surface area contributed by atoms with Crippen LogP contribution in [-0.4, -0.2) is 14.5 Å². The average Bonchev–Trinajstić information content (AvgIpc) is 4.18. The van der Waals surface area contributed by atoms with E-state index in [1.807, 2.05) is 0 Å². The first kappa shape index (κ1) is 41.3. The topological polar surface area (TPSA) is 26.3 Å². The molecule has 14 aromatic carbocycles. The molecule has 3 heteroatoms. The fourth-order valence-corrected chi connectivity index (χ4v) is 15.4. The van der Waals surface area contributed by atoms with Crippen LogP contribution in [0, 0.1) is 0 Å². The molecule has 0 atom stereocenters. The molecule has 0 bridgehead atoms. The van der Waals surface area contributed by atoms with Crippen LogP contribution in [-0.2, 0) is 0 Å². The molecule has 17 rings (SSSR count). The summed E-state index contributed by atoms with van der Waals surface area (Å²) in [5.74, 6) is 0. The van der Waals surface area contributed by atoms with Crippen molar-refractivity contribution in [2.45, 2.75) is 0 Å². The summed E-state index contributed by atoms with van der Waals surface area (Å²) in [4.78, 5) is 0. The minimum absolute atomic E-state index is 0.146. The molecule has 0 fully saturated rings. The molecule has 2 nitrogen and oxygen atoms in total. The zero-order valence-electron chi connectivity index (χ0n) is 40.3. The summed E-state index contributed by atoms with van der Waals surface area (Å²) < 4.78 is 15.9. The number of rotatable bonds is 4. The normalized spacial score (nSPS) is 12.3. The Morgan fingerprint density at radius 3 is 1.05 bits per heavy atom. The monoisotopic (exact) mass is 1020 g/mol. The first-order chi connectivity index (χ1) is 37.2. The SMILES string of the molecule is c1ccc2c(c1)ccc1oc3ccc(-c4c5ccccc5c(-c5ccc6[se]c7cccc(-c8c9ccccc9c(-c9ccc%10oc%11ccc%12ccccc%12c%11c%10c9)c9ccccc89)c7c6c5)c5ccccc45)cc3c12. The molecule has 346 valence electrons. The van der Waals surface area contributed by atoms with E-state index in [-0.39, 0.29) is 14.5 Å². The Morgan fingerprint density at radius 1 is 0.227 bits per heavy atom. The fraction of sp³-hybridized carbons (Fsp3) is 0. The van der Waals surface area contributed by atoms with Crippen LogP contribution in [0.1, 0.15) is 0 Å². The minimum atomic E-state index is 0.146. The van der Waals surface area contributed by atoms with Crippen LogP contribution in [0.4, 0.5) is 0 Å². The van der Waals surface area contributed by atoms with Gasteiger partial charge in [0.25, 0.3) is 0 Å². The Morgan fingerprint density at radius 2 is 0.600 bits per heavy atom. The first-order valence-electron chi connectivity index (χ1n) is 25.7. The van der Waals surface area contributed by atoms with Crippen LogP contribution < -0.4 is 0 Å². The molecule has 0 spiro atoms. The average molecular weight is 1020 g/mol. The van der Waals surface area contributed by atoms with E-state index in [0.717, 1.165) is 33.1 Å². The van der Waals surface area contributed by atoms with Gasteiger partial charge < -0.3 is 4.42 Å². The van der Waals surface area contributed by atoms with E-state index >= 15 is 0 Å². The van der Waals surface area contributed by atoms with Gasteiger partial charge in [-0.2, -0.15) is 0 Å². The quantitative estimate of drug-likeness (QED) is 0.130. The Hall–Kier alpha value is -9.24. The standard InChI is InChI=1S/C72H40O2Se/c1-3-16-46-41(14-1)28-35-62-70(46)57-38-43(30-33-60(57)73-62)66-48-18-5-7-20-50(48)68(51-21-8-6-19-49(51)66)45-32-37-64-59(40-45)72-56(26-13-27-65(72)75-64)69-54-24-11-9-22-52(54)67(53-23-10-12-25-55(53)69)44-31-34-61-58(39-44)71-47-17-4-2-15-42(47)29-36-63(71)74-61/h1-40H. The van der Waals surface area contributed by atoms with Gasteiger partial charge in [-0.1, -0.05) is 60.7 Å². The fourth-order valence-electron chi connectivity index (χ4n) is 13.1. The molecule has 0 aliphatic rings. The van der Waals surface area contributed by atoms with Crippen molar-refractivity contribution in [3.63, 3.8) is 0 Å². The number of benzene rings is 14. The second-order valence-corrected chi connectivity index (χ2v) is 22.4. The van der Waals surface area contributed by atoms with Crippen LogP contribution >= 0.6 is 0 Å². The molecule has 0 saturated carbocycles. The molecule has 17 aromatic rings. The van der Waals surface area contributed by atoms with Crippen molar-refractivity contribution in [3.05, 3.63) is 243 Å². The van der Waals surface area contributed by atoms with Crippen molar-refractivity contribution < 1.29 is 8.83 Å². The van der Waals surface area contributed by atoms with E-state index in [2.05, 4.69) is 243 Å². The molecule has 3 aromatic heterocycles. The van der Waals surface area contributed by atoms with Crippen LogP contribution in [0.5, 0.6) is 0 Å². The van der Waals surface area contributed by atoms with Crippen LogP contribution in [0.2, 0.25) is 0 Å². The summed E-state index contributed by atoms with van der Waals surface area (Å²) in [6.07, 6.45) is 0. The Balaban J connectivity index is 0.884. The van der Waals surface area contributed by atoms with Gasteiger partial charge in [-0.15, -0.1) is 0 Å². The molecular weight excluding hydrogens is 976 g/mol. The molecule has 75 heavy (non-hydrogen) atoms. The van der Waals surface area contributed by atoms with Crippen molar-refractivity contribution in [3.8, 4) is 44.5 Å². The van der Waals surface area contributed by atoms with E-state index < -0.39 is 0 Å². The third-order valence-corrected chi connectivity index (χ3v) is 18.6. The molecule has 0 amide bonds. The van der Waals surface area contributed by atoms with Gasteiger partial charge in [-0.25, -0.2) is 0 Å². The molecular formula is C72H40O2Se. The molecule has 0 N–H and O–H groups in total. The van der Waals surface area contributed by atoms with Crippen LogP contribution in [0.25, 0.3) is 172 Å². The number of hydrogen-bond donors (Lipinski definition) is 0. The second kappa shape index (κ2) is 15.6. The Bertz CT molecular complexity index is 5200. The molecule has 0 aliphatic heterocycles. The van der Waals surface area contributed by atoms with Gasteiger partial charge >= 0.3 is 339 Å². The van der Waals surface area contributed by atoms with E-state index in [0.29, 0.717) is 0 Å². The summed E-state index contributed by atoms with van der Waals surface area (Å²) in [5, 5.41) is 22.1.